The third-order valence-electron chi connectivity index (χ3n) is 3.44. The standard InChI is InChI=1S/C16H14N2O4/c19-14-7-8-15(20)18(14)12-5-3-11(4-6-12)16(21)17-10-13-2-1-9-22-13/h1-6,9H,7-8,10H2,(H,17,21). The molecule has 112 valence electrons. The highest BCUT2D eigenvalue weighted by Crippen LogP contribution is 2.22. The quantitative estimate of drug-likeness (QED) is 0.874. The number of carbonyl (C=O) groups is 3. The molecule has 1 N–H and O–H groups in total. The predicted molar refractivity (Wildman–Crippen MR) is 78.0 cm³/mol. The van der Waals surface area contributed by atoms with E-state index in [4.69, 9.17) is 4.42 Å². The van der Waals surface area contributed by atoms with E-state index in [0.717, 1.165) is 4.90 Å². The van der Waals surface area contributed by atoms with Crippen molar-refractivity contribution in [3.8, 4) is 0 Å². The Bertz CT molecular complexity index is 688. The second-order valence-corrected chi connectivity index (χ2v) is 4.93. The summed E-state index contributed by atoms with van der Waals surface area (Å²) in [5.41, 5.74) is 0.949. The van der Waals surface area contributed by atoms with Crippen molar-refractivity contribution in [3.05, 3.63) is 54.0 Å². The van der Waals surface area contributed by atoms with Gasteiger partial charge in [-0.2, -0.15) is 0 Å². The van der Waals surface area contributed by atoms with Crippen LogP contribution in [-0.2, 0) is 16.1 Å². The molecule has 0 atom stereocenters. The Balaban J connectivity index is 1.67. The van der Waals surface area contributed by atoms with Gasteiger partial charge >= 0.3 is 0 Å². The van der Waals surface area contributed by atoms with Crippen molar-refractivity contribution < 1.29 is 18.8 Å². The molecule has 1 aliphatic rings. The van der Waals surface area contributed by atoms with Gasteiger partial charge in [-0.3, -0.25) is 19.3 Å². The number of nitrogens with one attached hydrogen (secondary N) is 1. The molecule has 0 spiro atoms. The second-order valence-electron chi connectivity index (χ2n) is 4.93. The van der Waals surface area contributed by atoms with Gasteiger partial charge in [0, 0.05) is 18.4 Å². The Morgan fingerprint density at radius 3 is 2.36 bits per heavy atom. The van der Waals surface area contributed by atoms with E-state index in [9.17, 15) is 14.4 Å². The van der Waals surface area contributed by atoms with E-state index in [1.54, 1.807) is 42.7 Å². The van der Waals surface area contributed by atoms with E-state index in [-0.39, 0.29) is 30.6 Å². The van der Waals surface area contributed by atoms with Gasteiger partial charge in [-0.15, -0.1) is 0 Å². The molecular formula is C16H14N2O4. The topological polar surface area (TPSA) is 79.6 Å². The van der Waals surface area contributed by atoms with E-state index in [2.05, 4.69) is 5.32 Å². The van der Waals surface area contributed by atoms with Crippen LogP contribution in [0.1, 0.15) is 29.0 Å². The van der Waals surface area contributed by atoms with Crippen LogP contribution >= 0.6 is 0 Å². The molecule has 2 aromatic rings. The van der Waals surface area contributed by atoms with Crippen LogP contribution in [0.5, 0.6) is 0 Å². The molecule has 1 fully saturated rings. The van der Waals surface area contributed by atoms with Crippen molar-refractivity contribution in [1.29, 1.82) is 0 Å². The number of anilines is 1. The first-order valence-electron chi connectivity index (χ1n) is 6.91. The fourth-order valence-corrected chi connectivity index (χ4v) is 2.31. The van der Waals surface area contributed by atoms with E-state index in [1.807, 2.05) is 0 Å². The van der Waals surface area contributed by atoms with Gasteiger partial charge in [0.15, 0.2) is 0 Å². The lowest BCUT2D eigenvalue weighted by Gasteiger charge is -2.14. The molecule has 0 aliphatic carbocycles. The molecule has 2 heterocycles. The molecule has 3 amide bonds. The monoisotopic (exact) mass is 298 g/mol. The number of carbonyl (C=O) groups excluding carboxylic acids is 3. The van der Waals surface area contributed by atoms with Crippen molar-refractivity contribution in [2.75, 3.05) is 4.90 Å². The normalized spacial score (nSPS) is 14.5. The summed E-state index contributed by atoms with van der Waals surface area (Å²) in [4.78, 5) is 36.5. The van der Waals surface area contributed by atoms with Crippen molar-refractivity contribution in [3.63, 3.8) is 0 Å². The highest BCUT2D eigenvalue weighted by molar-refractivity contribution is 6.19. The first kappa shape index (κ1) is 14.1. The molecule has 1 saturated heterocycles. The number of rotatable bonds is 4. The van der Waals surface area contributed by atoms with Gasteiger partial charge in [-0.1, -0.05) is 0 Å². The Labute approximate surface area is 126 Å². The largest absolute Gasteiger partial charge is 0.467 e. The molecule has 0 unspecified atom stereocenters. The fraction of sp³-hybridized carbons (Fsp3) is 0.188. The highest BCUT2D eigenvalue weighted by Gasteiger charge is 2.30. The number of hydrogen-bond donors (Lipinski definition) is 1. The van der Waals surface area contributed by atoms with Crippen LogP contribution in [0.15, 0.2) is 47.1 Å². The Hall–Kier alpha value is -2.89. The number of hydrogen-bond acceptors (Lipinski definition) is 4. The first-order chi connectivity index (χ1) is 10.6. The summed E-state index contributed by atoms with van der Waals surface area (Å²) in [5, 5.41) is 2.73. The van der Waals surface area contributed by atoms with Gasteiger partial charge in [-0.25, -0.2) is 0 Å². The molecule has 0 saturated carbocycles. The average Bonchev–Trinajstić information content (AvgIpc) is 3.15. The van der Waals surface area contributed by atoms with Crippen LogP contribution in [0.3, 0.4) is 0 Å². The van der Waals surface area contributed by atoms with Crippen LogP contribution in [0.2, 0.25) is 0 Å². The summed E-state index contributed by atoms with van der Waals surface area (Å²) >= 11 is 0. The zero-order chi connectivity index (χ0) is 15.5. The average molecular weight is 298 g/mol. The minimum atomic E-state index is -0.248. The molecular weight excluding hydrogens is 284 g/mol. The van der Waals surface area contributed by atoms with Crippen molar-refractivity contribution in [2.24, 2.45) is 0 Å². The third kappa shape index (κ3) is 2.76. The number of benzene rings is 1. The lowest BCUT2D eigenvalue weighted by atomic mass is 10.2. The van der Waals surface area contributed by atoms with Crippen molar-refractivity contribution in [2.45, 2.75) is 19.4 Å². The first-order valence-corrected chi connectivity index (χ1v) is 6.91. The van der Waals surface area contributed by atoms with E-state index >= 15 is 0 Å². The van der Waals surface area contributed by atoms with Crippen LogP contribution in [0.25, 0.3) is 0 Å². The van der Waals surface area contributed by atoms with Crippen LogP contribution < -0.4 is 10.2 Å². The number of nitrogens with zero attached hydrogens (tertiary/aromatic N) is 1. The summed E-state index contributed by atoms with van der Waals surface area (Å²) in [6.07, 6.45) is 2.02. The predicted octanol–water partition coefficient (Wildman–Crippen LogP) is 1.86. The maximum absolute atomic E-state index is 12.0. The minimum absolute atomic E-state index is 0.208. The van der Waals surface area contributed by atoms with Crippen LogP contribution in [0, 0.1) is 0 Å². The zero-order valence-electron chi connectivity index (χ0n) is 11.7. The maximum Gasteiger partial charge on any atom is 0.251 e. The number of amides is 3. The Morgan fingerprint density at radius 1 is 1.09 bits per heavy atom. The number of imide groups is 1. The molecule has 0 bridgehead atoms. The molecule has 3 rings (SSSR count). The summed E-state index contributed by atoms with van der Waals surface area (Å²) < 4.78 is 5.13. The molecule has 1 aromatic heterocycles. The Kier molecular flexibility index (Phi) is 3.74. The summed E-state index contributed by atoms with van der Waals surface area (Å²) in [7, 11) is 0. The van der Waals surface area contributed by atoms with Gasteiger partial charge in [-0.05, 0) is 36.4 Å². The lowest BCUT2D eigenvalue weighted by molar-refractivity contribution is -0.121. The minimum Gasteiger partial charge on any atom is -0.467 e. The third-order valence-corrected chi connectivity index (χ3v) is 3.44. The highest BCUT2D eigenvalue weighted by atomic mass is 16.3. The lowest BCUT2D eigenvalue weighted by Crippen LogP contribution is -2.28. The Morgan fingerprint density at radius 2 is 1.77 bits per heavy atom. The maximum atomic E-state index is 12.0. The SMILES string of the molecule is O=C(NCc1ccco1)c1ccc(N2C(=O)CCC2=O)cc1. The van der Waals surface area contributed by atoms with Gasteiger partial charge < -0.3 is 9.73 Å². The molecule has 1 aliphatic heterocycles. The van der Waals surface area contributed by atoms with Gasteiger partial charge in [0.1, 0.15) is 5.76 Å². The fourth-order valence-electron chi connectivity index (χ4n) is 2.31. The van der Waals surface area contributed by atoms with Crippen molar-refractivity contribution >= 4 is 23.4 Å². The summed E-state index contributed by atoms with van der Waals surface area (Å²) in [6, 6.07) is 9.90. The number of furan rings is 1. The van der Waals surface area contributed by atoms with Crippen molar-refractivity contribution in [1.82, 2.24) is 5.32 Å². The molecule has 0 radical (unpaired) electrons. The van der Waals surface area contributed by atoms with Crippen LogP contribution in [0.4, 0.5) is 5.69 Å². The van der Waals surface area contributed by atoms with E-state index in [0.29, 0.717) is 23.6 Å². The molecule has 1 aromatic carbocycles. The van der Waals surface area contributed by atoms with Gasteiger partial charge in [0.25, 0.3) is 5.91 Å². The second kappa shape index (κ2) is 5.85. The summed E-state index contributed by atoms with van der Waals surface area (Å²) in [5.74, 6) is 0.000275. The summed E-state index contributed by atoms with van der Waals surface area (Å²) in [6.45, 7) is 0.302. The molecule has 22 heavy (non-hydrogen) atoms. The molecule has 6 heteroatoms. The van der Waals surface area contributed by atoms with E-state index < -0.39 is 0 Å². The molecule has 6 nitrogen and oxygen atoms in total. The van der Waals surface area contributed by atoms with Gasteiger partial charge in [0.05, 0.1) is 18.5 Å². The van der Waals surface area contributed by atoms with Crippen LogP contribution in [-0.4, -0.2) is 17.7 Å². The van der Waals surface area contributed by atoms with Gasteiger partial charge in [0.2, 0.25) is 11.8 Å². The van der Waals surface area contributed by atoms with E-state index in [1.165, 1.54) is 0 Å². The smallest absolute Gasteiger partial charge is 0.251 e. The zero-order valence-corrected chi connectivity index (χ0v) is 11.7.